The van der Waals surface area contributed by atoms with E-state index in [1.54, 1.807) is 36.4 Å². The molecule has 1 amide bonds. The van der Waals surface area contributed by atoms with E-state index in [1.165, 1.54) is 35.4 Å². The second-order valence-corrected chi connectivity index (χ2v) is 9.34. The van der Waals surface area contributed by atoms with Crippen LogP contribution in [0, 0.1) is 10.1 Å². The van der Waals surface area contributed by atoms with Gasteiger partial charge in [-0.15, -0.1) is 0 Å². The van der Waals surface area contributed by atoms with Crippen LogP contribution in [0.3, 0.4) is 0 Å². The minimum atomic E-state index is -2.88. The molecule has 0 bridgehead atoms. The van der Waals surface area contributed by atoms with E-state index in [-0.39, 0.29) is 34.0 Å². The number of alkyl halides is 2. The molecular formula is C29H21F2N5O4. The lowest BCUT2D eigenvalue weighted by molar-refractivity contribution is -0.384. The molecule has 0 spiro atoms. The number of nitrogens with one attached hydrogen (secondary N) is 1. The number of nitrogens with zero attached hydrogens (tertiary/aromatic N) is 4. The van der Waals surface area contributed by atoms with Gasteiger partial charge in [0.2, 0.25) is 0 Å². The van der Waals surface area contributed by atoms with Crippen molar-refractivity contribution < 1.29 is 23.2 Å². The molecule has 9 nitrogen and oxygen atoms in total. The van der Waals surface area contributed by atoms with Crippen molar-refractivity contribution in [2.45, 2.75) is 25.7 Å². The van der Waals surface area contributed by atoms with Crippen molar-refractivity contribution in [1.29, 1.82) is 0 Å². The number of benzene rings is 3. The molecule has 1 aliphatic carbocycles. The number of amides is 1. The summed E-state index contributed by atoms with van der Waals surface area (Å²) in [4.78, 5) is 28.7. The normalized spacial score (nSPS) is 12.5. The van der Waals surface area contributed by atoms with Crippen LogP contribution >= 0.6 is 0 Å². The highest BCUT2D eigenvalue weighted by Gasteiger charge is 2.23. The van der Waals surface area contributed by atoms with Gasteiger partial charge in [-0.1, -0.05) is 36.4 Å². The van der Waals surface area contributed by atoms with E-state index in [9.17, 15) is 23.7 Å². The summed E-state index contributed by atoms with van der Waals surface area (Å²) in [5.41, 5.74) is 2.48. The second kappa shape index (κ2) is 10.2. The molecule has 0 saturated heterocycles. The number of anilines is 1. The zero-order chi connectivity index (χ0) is 27.8. The number of nitro groups is 1. The number of hydrogen-bond acceptors (Lipinski definition) is 6. The highest BCUT2D eigenvalue weighted by atomic mass is 19.3. The highest BCUT2D eigenvalue weighted by molar-refractivity contribution is 6.08. The molecule has 0 fully saturated rings. The Morgan fingerprint density at radius 2 is 1.80 bits per heavy atom. The predicted octanol–water partition coefficient (Wildman–Crippen LogP) is 6.78. The molecule has 3 aromatic carbocycles. The first kappa shape index (κ1) is 25.1. The van der Waals surface area contributed by atoms with Gasteiger partial charge in [0.15, 0.2) is 5.65 Å². The Kier molecular flexibility index (Phi) is 6.39. The molecule has 0 saturated carbocycles. The van der Waals surface area contributed by atoms with Gasteiger partial charge in [0.05, 0.1) is 28.6 Å². The van der Waals surface area contributed by atoms with Crippen LogP contribution in [0.25, 0.3) is 16.9 Å². The smallest absolute Gasteiger partial charge is 0.280 e. The van der Waals surface area contributed by atoms with Gasteiger partial charge in [-0.3, -0.25) is 14.9 Å². The first-order valence-electron chi connectivity index (χ1n) is 12.5. The third-order valence-corrected chi connectivity index (χ3v) is 6.70. The molecular weight excluding hydrogens is 520 g/mol. The van der Waals surface area contributed by atoms with Crippen LogP contribution < -0.4 is 10.1 Å². The third kappa shape index (κ3) is 4.84. The van der Waals surface area contributed by atoms with Crippen molar-refractivity contribution in [2.75, 3.05) is 5.32 Å². The van der Waals surface area contributed by atoms with Gasteiger partial charge in [0, 0.05) is 17.7 Å². The molecule has 6 rings (SSSR count). The summed E-state index contributed by atoms with van der Waals surface area (Å²) in [7, 11) is 0. The molecule has 5 aromatic rings. The third-order valence-electron chi connectivity index (χ3n) is 6.70. The Morgan fingerprint density at radius 1 is 1.00 bits per heavy atom. The molecule has 0 aliphatic heterocycles. The van der Waals surface area contributed by atoms with Crippen molar-refractivity contribution in [1.82, 2.24) is 14.6 Å². The minimum Gasteiger partial charge on any atom is -0.457 e. The minimum absolute atomic E-state index is 0.0748. The van der Waals surface area contributed by atoms with Gasteiger partial charge in [0.1, 0.15) is 22.8 Å². The Bertz CT molecular complexity index is 1770. The summed E-state index contributed by atoms with van der Waals surface area (Å²) in [5, 5.41) is 18.2. The number of carbonyl (C=O) groups excluding carboxylic acids is 1. The number of halogens is 2. The second-order valence-electron chi connectivity index (χ2n) is 9.34. The number of rotatable bonds is 7. The molecule has 0 radical (unpaired) electrons. The van der Waals surface area contributed by atoms with Crippen LogP contribution in [-0.4, -0.2) is 25.4 Å². The fourth-order valence-corrected chi connectivity index (χ4v) is 4.82. The topological polar surface area (TPSA) is 112 Å². The Morgan fingerprint density at radius 3 is 2.58 bits per heavy atom. The van der Waals surface area contributed by atoms with Crippen LogP contribution in [0.4, 0.5) is 20.2 Å². The lowest BCUT2D eigenvalue weighted by Gasteiger charge is -2.11. The molecule has 2 heterocycles. The van der Waals surface area contributed by atoms with Gasteiger partial charge in [-0.2, -0.15) is 5.10 Å². The lowest BCUT2D eigenvalue weighted by Crippen LogP contribution is -2.13. The first-order valence-corrected chi connectivity index (χ1v) is 12.5. The van der Waals surface area contributed by atoms with Crippen LogP contribution in [0.1, 0.15) is 40.0 Å². The number of nitro benzene ring substituents is 1. The fourth-order valence-electron chi connectivity index (χ4n) is 4.82. The zero-order valence-corrected chi connectivity index (χ0v) is 20.9. The Labute approximate surface area is 226 Å². The number of ether oxygens (including phenoxy) is 1. The van der Waals surface area contributed by atoms with Crippen LogP contribution in [0.5, 0.6) is 11.5 Å². The molecule has 1 N–H and O–H groups in total. The molecule has 0 atom stereocenters. The fraction of sp³-hybridized carbons (Fsp3) is 0.138. The number of hydrogen-bond donors (Lipinski definition) is 1. The molecule has 11 heteroatoms. The molecule has 200 valence electrons. The summed E-state index contributed by atoms with van der Waals surface area (Å²) in [6.07, 6.45) is 1.27. The maximum atomic E-state index is 13.9. The van der Waals surface area contributed by atoms with Gasteiger partial charge in [0.25, 0.3) is 18.0 Å². The number of aromatic nitrogens is 3. The molecule has 40 heavy (non-hydrogen) atoms. The Balaban J connectivity index is 1.34. The van der Waals surface area contributed by atoms with Crippen molar-refractivity contribution in [3.05, 3.63) is 111 Å². The van der Waals surface area contributed by atoms with Crippen molar-refractivity contribution >= 4 is 22.9 Å². The van der Waals surface area contributed by atoms with Gasteiger partial charge >= 0.3 is 0 Å². The summed E-state index contributed by atoms with van der Waals surface area (Å²) in [6, 6.07) is 19.5. The van der Waals surface area contributed by atoms with Crippen molar-refractivity contribution in [3.8, 4) is 22.8 Å². The summed E-state index contributed by atoms with van der Waals surface area (Å²) < 4.78 is 34.6. The first-order chi connectivity index (χ1) is 19.4. The van der Waals surface area contributed by atoms with Gasteiger partial charge in [-0.05, 0) is 48.6 Å². The maximum absolute atomic E-state index is 13.9. The van der Waals surface area contributed by atoms with E-state index in [1.807, 2.05) is 12.1 Å². The van der Waals surface area contributed by atoms with Gasteiger partial charge in [-0.25, -0.2) is 18.3 Å². The van der Waals surface area contributed by atoms with Crippen LogP contribution in [-0.2, 0) is 12.8 Å². The molecule has 1 aliphatic rings. The van der Waals surface area contributed by atoms with E-state index < -0.39 is 22.9 Å². The van der Waals surface area contributed by atoms with E-state index in [0.29, 0.717) is 11.3 Å². The summed E-state index contributed by atoms with van der Waals surface area (Å²) in [6.45, 7) is 0. The van der Waals surface area contributed by atoms with Crippen molar-refractivity contribution in [2.24, 2.45) is 0 Å². The van der Waals surface area contributed by atoms with Gasteiger partial charge < -0.3 is 10.1 Å². The highest BCUT2D eigenvalue weighted by Crippen LogP contribution is 2.33. The average Bonchev–Trinajstić information content (AvgIpc) is 3.59. The molecule has 0 unspecified atom stereocenters. The summed E-state index contributed by atoms with van der Waals surface area (Å²) in [5.74, 6) is -0.0399. The van der Waals surface area contributed by atoms with Crippen LogP contribution in [0.15, 0.2) is 79.0 Å². The van der Waals surface area contributed by atoms with Crippen LogP contribution in [0.2, 0.25) is 0 Å². The quantitative estimate of drug-likeness (QED) is 0.180. The zero-order valence-electron chi connectivity index (χ0n) is 20.9. The largest absolute Gasteiger partial charge is 0.457 e. The monoisotopic (exact) mass is 541 g/mol. The predicted molar refractivity (Wildman–Crippen MR) is 143 cm³/mol. The standard InChI is InChI=1S/C29H21F2N5O4/c30-27(31)26-15-25(18-5-2-1-3-6-18)34-28-24(16-32-35(26)28)29(37)33-20-12-21(36(38)39)14-23(13-20)40-22-10-9-17-7-4-8-19(17)11-22/h1-3,5-6,9-16,27H,4,7-8H2,(H,33,37). The number of non-ortho nitro benzene ring substituents is 1. The van der Waals surface area contributed by atoms with E-state index in [4.69, 9.17) is 4.74 Å². The lowest BCUT2D eigenvalue weighted by atomic mass is 10.1. The number of fused-ring (bicyclic) bond motifs is 2. The summed E-state index contributed by atoms with van der Waals surface area (Å²) >= 11 is 0. The number of aryl methyl sites for hydroxylation is 2. The number of carbonyl (C=O) groups is 1. The van der Waals surface area contributed by atoms with Crippen molar-refractivity contribution in [3.63, 3.8) is 0 Å². The molecule has 2 aromatic heterocycles. The van der Waals surface area contributed by atoms with E-state index in [2.05, 4.69) is 15.4 Å². The maximum Gasteiger partial charge on any atom is 0.280 e. The average molecular weight is 542 g/mol. The van der Waals surface area contributed by atoms with E-state index >= 15 is 0 Å². The Hall–Kier alpha value is -5.19. The van der Waals surface area contributed by atoms with E-state index in [0.717, 1.165) is 30.0 Å². The SMILES string of the molecule is O=C(Nc1cc(Oc2ccc3c(c2)CCC3)cc([N+](=O)[O-])c1)c1cnn2c(C(F)F)cc(-c3ccccc3)nc12.